The lowest BCUT2D eigenvalue weighted by molar-refractivity contribution is 0.186. The van der Waals surface area contributed by atoms with Crippen molar-refractivity contribution in [3.63, 3.8) is 0 Å². The van der Waals surface area contributed by atoms with Gasteiger partial charge in [-0.05, 0) is 27.6 Å². The van der Waals surface area contributed by atoms with Gasteiger partial charge in [0.25, 0.3) is 0 Å². The number of aromatic nitrogens is 1. The molecule has 0 fully saturated rings. The summed E-state index contributed by atoms with van der Waals surface area (Å²) in [5, 5.41) is 9.33. The van der Waals surface area contributed by atoms with Crippen molar-refractivity contribution in [3.8, 4) is 0 Å². The van der Waals surface area contributed by atoms with Gasteiger partial charge in [-0.15, -0.1) is 0 Å². The van der Waals surface area contributed by atoms with E-state index in [0.29, 0.717) is 0 Å². The first-order chi connectivity index (χ1) is 5.25. The molecule has 0 aliphatic carbocycles. The van der Waals surface area contributed by atoms with Crippen molar-refractivity contribution in [3.05, 3.63) is 28.5 Å². The van der Waals surface area contributed by atoms with Gasteiger partial charge >= 0.3 is 0 Å². The fourth-order valence-electron chi connectivity index (χ4n) is 0.783. The van der Waals surface area contributed by atoms with E-state index < -0.39 is 6.10 Å². The van der Waals surface area contributed by atoms with Crippen molar-refractivity contribution in [2.45, 2.75) is 6.10 Å². The van der Waals surface area contributed by atoms with E-state index in [4.69, 9.17) is 5.73 Å². The molecule has 1 heterocycles. The molecule has 1 aromatic rings. The average Bonchev–Trinajstić information content (AvgIpc) is 2.04. The van der Waals surface area contributed by atoms with Crippen LogP contribution in [0.2, 0.25) is 0 Å². The zero-order valence-electron chi connectivity index (χ0n) is 5.87. The summed E-state index contributed by atoms with van der Waals surface area (Å²) in [4.78, 5) is 3.86. The van der Waals surface area contributed by atoms with Crippen LogP contribution in [-0.2, 0) is 0 Å². The molecule has 11 heavy (non-hydrogen) atoms. The van der Waals surface area contributed by atoms with Gasteiger partial charge in [0, 0.05) is 23.4 Å². The molecule has 3 nitrogen and oxygen atoms in total. The standard InChI is InChI=1S/C7H9BrN2O/c8-6-4-10-2-1-5(6)7(11)3-9/h1-2,4,7,11H,3,9H2/t7-/m0/s1. The quantitative estimate of drug-likeness (QED) is 0.771. The minimum Gasteiger partial charge on any atom is -0.387 e. The maximum atomic E-state index is 9.33. The van der Waals surface area contributed by atoms with Crippen molar-refractivity contribution in [1.29, 1.82) is 0 Å². The summed E-state index contributed by atoms with van der Waals surface area (Å²) in [5.74, 6) is 0. The summed E-state index contributed by atoms with van der Waals surface area (Å²) in [7, 11) is 0. The van der Waals surface area contributed by atoms with Crippen molar-refractivity contribution in [1.82, 2.24) is 4.98 Å². The number of hydrogen-bond donors (Lipinski definition) is 2. The van der Waals surface area contributed by atoms with Crippen molar-refractivity contribution < 1.29 is 5.11 Å². The predicted octanol–water partition coefficient (Wildman–Crippen LogP) is 0.836. The van der Waals surface area contributed by atoms with Crippen LogP contribution in [0.15, 0.2) is 22.9 Å². The van der Waals surface area contributed by atoms with Crippen LogP contribution in [0, 0.1) is 0 Å². The molecule has 0 aliphatic heterocycles. The first-order valence-corrected chi connectivity index (χ1v) is 4.02. The number of hydrogen-bond acceptors (Lipinski definition) is 3. The van der Waals surface area contributed by atoms with E-state index in [1.54, 1.807) is 18.5 Å². The summed E-state index contributed by atoms with van der Waals surface area (Å²) in [6.45, 7) is 0.225. The van der Waals surface area contributed by atoms with Gasteiger partial charge in [0.2, 0.25) is 0 Å². The second kappa shape index (κ2) is 3.80. The molecule has 1 atom stereocenters. The maximum absolute atomic E-state index is 9.33. The smallest absolute Gasteiger partial charge is 0.0924 e. The number of aliphatic hydroxyl groups is 1. The highest BCUT2D eigenvalue weighted by Gasteiger charge is 2.07. The van der Waals surface area contributed by atoms with Gasteiger partial charge in [0.1, 0.15) is 0 Å². The van der Waals surface area contributed by atoms with E-state index >= 15 is 0 Å². The Kier molecular flexibility index (Phi) is 2.99. The zero-order chi connectivity index (χ0) is 8.27. The number of halogens is 1. The van der Waals surface area contributed by atoms with Gasteiger partial charge in [0.15, 0.2) is 0 Å². The van der Waals surface area contributed by atoms with Crippen LogP contribution in [0.3, 0.4) is 0 Å². The van der Waals surface area contributed by atoms with E-state index in [1.165, 1.54) is 0 Å². The molecule has 60 valence electrons. The Morgan fingerprint density at radius 2 is 2.45 bits per heavy atom. The van der Waals surface area contributed by atoms with Crippen molar-refractivity contribution >= 4 is 15.9 Å². The second-order valence-electron chi connectivity index (χ2n) is 2.15. The van der Waals surface area contributed by atoms with Crippen LogP contribution in [0.4, 0.5) is 0 Å². The molecular weight excluding hydrogens is 208 g/mol. The normalized spacial score (nSPS) is 13.0. The summed E-state index contributed by atoms with van der Waals surface area (Å²) in [6, 6.07) is 1.74. The van der Waals surface area contributed by atoms with E-state index in [9.17, 15) is 5.11 Å². The highest BCUT2D eigenvalue weighted by atomic mass is 79.9. The Balaban J connectivity index is 2.93. The number of pyridine rings is 1. The van der Waals surface area contributed by atoms with E-state index in [1.807, 2.05) is 0 Å². The Morgan fingerprint density at radius 1 is 1.73 bits per heavy atom. The molecule has 0 amide bonds. The van der Waals surface area contributed by atoms with Crippen molar-refractivity contribution in [2.24, 2.45) is 5.73 Å². The number of nitrogens with zero attached hydrogens (tertiary/aromatic N) is 1. The van der Waals surface area contributed by atoms with Gasteiger partial charge in [-0.1, -0.05) is 0 Å². The topological polar surface area (TPSA) is 59.1 Å². The van der Waals surface area contributed by atoms with E-state index in [0.717, 1.165) is 10.0 Å². The van der Waals surface area contributed by atoms with Crippen LogP contribution in [0.1, 0.15) is 11.7 Å². The van der Waals surface area contributed by atoms with E-state index in [-0.39, 0.29) is 6.54 Å². The largest absolute Gasteiger partial charge is 0.387 e. The lowest BCUT2D eigenvalue weighted by Gasteiger charge is -2.08. The third-order valence-corrected chi connectivity index (χ3v) is 2.05. The molecule has 0 radical (unpaired) electrons. The maximum Gasteiger partial charge on any atom is 0.0924 e. The third kappa shape index (κ3) is 1.99. The van der Waals surface area contributed by atoms with Gasteiger partial charge in [-0.3, -0.25) is 4.98 Å². The first kappa shape index (κ1) is 8.64. The minimum atomic E-state index is -0.604. The third-order valence-electron chi connectivity index (χ3n) is 1.39. The number of nitrogens with two attached hydrogens (primary N) is 1. The molecule has 0 spiro atoms. The molecule has 0 aromatic carbocycles. The fraction of sp³-hybridized carbons (Fsp3) is 0.286. The number of aliphatic hydroxyl groups excluding tert-OH is 1. The highest BCUT2D eigenvalue weighted by molar-refractivity contribution is 9.10. The lowest BCUT2D eigenvalue weighted by atomic mass is 10.1. The Labute approximate surface area is 73.4 Å². The Bertz CT molecular complexity index is 242. The van der Waals surface area contributed by atoms with Crippen LogP contribution >= 0.6 is 15.9 Å². The van der Waals surface area contributed by atoms with Gasteiger partial charge in [0.05, 0.1) is 6.10 Å². The number of rotatable bonds is 2. The average molecular weight is 217 g/mol. The molecule has 0 unspecified atom stereocenters. The fourth-order valence-corrected chi connectivity index (χ4v) is 1.30. The van der Waals surface area contributed by atoms with Crippen LogP contribution in [0.5, 0.6) is 0 Å². The lowest BCUT2D eigenvalue weighted by Crippen LogP contribution is -2.11. The second-order valence-corrected chi connectivity index (χ2v) is 3.00. The molecule has 0 bridgehead atoms. The van der Waals surface area contributed by atoms with Crippen molar-refractivity contribution in [2.75, 3.05) is 6.54 Å². The SMILES string of the molecule is NC[C@H](O)c1ccncc1Br. The van der Waals surface area contributed by atoms with Gasteiger partial charge in [-0.25, -0.2) is 0 Å². The molecule has 3 N–H and O–H groups in total. The monoisotopic (exact) mass is 216 g/mol. The predicted molar refractivity (Wildman–Crippen MR) is 46.0 cm³/mol. The summed E-state index contributed by atoms with van der Waals surface area (Å²) < 4.78 is 0.790. The molecule has 4 heteroatoms. The van der Waals surface area contributed by atoms with Gasteiger partial charge in [-0.2, -0.15) is 0 Å². The zero-order valence-corrected chi connectivity index (χ0v) is 7.45. The molecule has 0 aliphatic rings. The molecular formula is C7H9BrN2O. The first-order valence-electron chi connectivity index (χ1n) is 3.23. The van der Waals surface area contributed by atoms with Crippen LogP contribution in [0.25, 0.3) is 0 Å². The van der Waals surface area contributed by atoms with E-state index in [2.05, 4.69) is 20.9 Å². The summed E-state index contributed by atoms with van der Waals surface area (Å²) in [6.07, 6.45) is 2.65. The Hall–Kier alpha value is -0.450. The minimum absolute atomic E-state index is 0.225. The summed E-state index contributed by atoms with van der Waals surface area (Å²) >= 11 is 3.26. The molecule has 0 saturated carbocycles. The Morgan fingerprint density at radius 3 is 3.00 bits per heavy atom. The van der Waals surface area contributed by atoms with Gasteiger partial charge < -0.3 is 10.8 Å². The highest BCUT2D eigenvalue weighted by Crippen LogP contribution is 2.20. The molecule has 0 saturated heterocycles. The summed E-state index contributed by atoms with van der Waals surface area (Å²) in [5.41, 5.74) is 6.06. The molecule has 1 aromatic heterocycles. The molecule has 1 rings (SSSR count). The van der Waals surface area contributed by atoms with Crippen LogP contribution < -0.4 is 5.73 Å². The van der Waals surface area contributed by atoms with Crippen LogP contribution in [-0.4, -0.2) is 16.6 Å².